The standard InChI is InChI=1S/C14H14Br2N2O4/c1-3-4-18-13(20)8(17-14(18)21)5-7-6-9(22-2)12(19)11(16)10(7)15/h5-6,19H,3-4H2,1-2H3,(H,17,21)/b8-5+. The molecule has 1 aliphatic rings. The van der Waals surface area contributed by atoms with E-state index in [0.29, 0.717) is 27.5 Å². The maximum absolute atomic E-state index is 12.2. The lowest BCUT2D eigenvalue weighted by Gasteiger charge is -2.10. The number of carbonyl (C=O) groups excluding carboxylic acids is 2. The van der Waals surface area contributed by atoms with Gasteiger partial charge in [-0.1, -0.05) is 6.92 Å². The Hall–Kier alpha value is -1.54. The zero-order chi connectivity index (χ0) is 16.4. The molecule has 118 valence electrons. The van der Waals surface area contributed by atoms with Gasteiger partial charge in [-0.05, 0) is 56.0 Å². The van der Waals surface area contributed by atoms with Gasteiger partial charge in [0.1, 0.15) is 5.70 Å². The fraction of sp³-hybridized carbons (Fsp3) is 0.286. The van der Waals surface area contributed by atoms with Gasteiger partial charge in [0.25, 0.3) is 5.91 Å². The highest BCUT2D eigenvalue weighted by molar-refractivity contribution is 9.13. The van der Waals surface area contributed by atoms with Crippen molar-refractivity contribution in [1.82, 2.24) is 10.2 Å². The zero-order valence-corrected chi connectivity index (χ0v) is 15.1. The molecule has 0 unspecified atom stereocenters. The minimum absolute atomic E-state index is 0.0501. The van der Waals surface area contributed by atoms with E-state index in [1.54, 1.807) is 6.07 Å². The highest BCUT2D eigenvalue weighted by Gasteiger charge is 2.33. The summed E-state index contributed by atoms with van der Waals surface area (Å²) in [4.78, 5) is 25.1. The molecule has 1 heterocycles. The number of aromatic hydroxyl groups is 1. The molecule has 0 aromatic heterocycles. The number of benzene rings is 1. The second-order valence-corrected chi connectivity index (χ2v) is 6.18. The van der Waals surface area contributed by atoms with Crippen LogP contribution in [0.2, 0.25) is 0 Å². The summed E-state index contributed by atoms with van der Waals surface area (Å²) in [7, 11) is 1.43. The molecule has 0 radical (unpaired) electrons. The minimum atomic E-state index is -0.431. The van der Waals surface area contributed by atoms with E-state index in [4.69, 9.17) is 4.74 Å². The first-order valence-electron chi connectivity index (χ1n) is 6.50. The molecule has 0 bridgehead atoms. The number of halogens is 2. The first-order chi connectivity index (χ1) is 10.4. The number of nitrogens with zero attached hydrogens (tertiary/aromatic N) is 1. The van der Waals surface area contributed by atoms with E-state index in [1.165, 1.54) is 13.2 Å². The van der Waals surface area contributed by atoms with Gasteiger partial charge in [0.15, 0.2) is 11.5 Å². The molecule has 0 aliphatic carbocycles. The maximum atomic E-state index is 12.2. The molecule has 1 fully saturated rings. The van der Waals surface area contributed by atoms with Gasteiger partial charge in [-0.15, -0.1) is 0 Å². The Labute approximate surface area is 144 Å². The van der Waals surface area contributed by atoms with Crippen molar-refractivity contribution in [1.29, 1.82) is 0 Å². The van der Waals surface area contributed by atoms with Gasteiger partial charge in [-0.2, -0.15) is 0 Å². The van der Waals surface area contributed by atoms with Gasteiger partial charge >= 0.3 is 6.03 Å². The smallest absolute Gasteiger partial charge is 0.329 e. The first-order valence-corrected chi connectivity index (χ1v) is 8.08. The molecule has 0 spiro atoms. The van der Waals surface area contributed by atoms with Crippen LogP contribution in [0.25, 0.3) is 6.08 Å². The molecular weight excluding hydrogens is 420 g/mol. The minimum Gasteiger partial charge on any atom is -0.503 e. The average molecular weight is 434 g/mol. The van der Waals surface area contributed by atoms with Crippen LogP contribution < -0.4 is 10.1 Å². The molecule has 6 nitrogen and oxygen atoms in total. The van der Waals surface area contributed by atoms with Gasteiger partial charge in [0.2, 0.25) is 0 Å². The van der Waals surface area contributed by atoms with Crippen LogP contribution in [0, 0.1) is 0 Å². The lowest BCUT2D eigenvalue weighted by Crippen LogP contribution is -2.31. The second kappa shape index (κ2) is 6.70. The summed E-state index contributed by atoms with van der Waals surface area (Å²) >= 11 is 6.58. The highest BCUT2D eigenvalue weighted by Crippen LogP contribution is 2.42. The molecule has 2 rings (SSSR count). The van der Waals surface area contributed by atoms with Crippen LogP contribution in [0.15, 0.2) is 20.7 Å². The molecular formula is C14H14Br2N2O4. The van der Waals surface area contributed by atoms with E-state index in [-0.39, 0.29) is 23.1 Å². The van der Waals surface area contributed by atoms with E-state index in [2.05, 4.69) is 37.2 Å². The first kappa shape index (κ1) is 16.8. The van der Waals surface area contributed by atoms with Gasteiger partial charge in [0.05, 0.1) is 11.6 Å². The van der Waals surface area contributed by atoms with E-state index < -0.39 is 6.03 Å². The number of amides is 3. The molecule has 1 saturated heterocycles. The fourth-order valence-corrected chi connectivity index (χ4v) is 2.87. The lowest BCUT2D eigenvalue weighted by molar-refractivity contribution is -0.122. The number of hydrogen-bond acceptors (Lipinski definition) is 4. The Bertz CT molecular complexity index is 673. The van der Waals surface area contributed by atoms with Crippen LogP contribution in [-0.2, 0) is 4.79 Å². The third-order valence-corrected chi connectivity index (χ3v) is 5.26. The number of phenolic OH excluding ortho intramolecular Hbond substituents is 1. The SMILES string of the molecule is CCCN1C(=O)N/C(=C/c2cc(OC)c(O)c(Br)c2Br)C1=O. The predicted molar refractivity (Wildman–Crippen MR) is 88.6 cm³/mol. The number of hydrogen-bond donors (Lipinski definition) is 2. The van der Waals surface area contributed by atoms with Crippen molar-refractivity contribution >= 4 is 49.9 Å². The Morgan fingerprint density at radius 2 is 2.05 bits per heavy atom. The van der Waals surface area contributed by atoms with Crippen molar-refractivity contribution < 1.29 is 19.4 Å². The van der Waals surface area contributed by atoms with E-state index in [0.717, 1.165) is 4.90 Å². The van der Waals surface area contributed by atoms with Crippen molar-refractivity contribution in [2.24, 2.45) is 0 Å². The third kappa shape index (κ3) is 2.98. The highest BCUT2D eigenvalue weighted by atomic mass is 79.9. The number of phenols is 1. The monoisotopic (exact) mass is 432 g/mol. The van der Waals surface area contributed by atoms with Crippen molar-refractivity contribution in [3.05, 3.63) is 26.3 Å². The van der Waals surface area contributed by atoms with Crippen LogP contribution in [0.5, 0.6) is 11.5 Å². The number of ether oxygens (including phenoxy) is 1. The largest absolute Gasteiger partial charge is 0.503 e. The van der Waals surface area contributed by atoms with Crippen LogP contribution >= 0.6 is 31.9 Å². The van der Waals surface area contributed by atoms with Gasteiger partial charge in [0, 0.05) is 11.0 Å². The summed E-state index contributed by atoms with van der Waals surface area (Å²) in [5.74, 6) is -0.169. The van der Waals surface area contributed by atoms with Crippen molar-refractivity contribution in [2.75, 3.05) is 13.7 Å². The van der Waals surface area contributed by atoms with Crippen molar-refractivity contribution in [3.63, 3.8) is 0 Å². The normalized spacial score (nSPS) is 16.4. The number of urea groups is 1. The number of rotatable bonds is 4. The molecule has 0 saturated carbocycles. The molecule has 1 aromatic rings. The lowest BCUT2D eigenvalue weighted by atomic mass is 10.1. The summed E-state index contributed by atoms with van der Waals surface area (Å²) < 4.78 is 6.03. The molecule has 1 aromatic carbocycles. The van der Waals surface area contributed by atoms with Gasteiger partial charge in [-0.3, -0.25) is 9.69 Å². The summed E-state index contributed by atoms with van der Waals surface area (Å²) in [6, 6.07) is 1.14. The Balaban J connectivity index is 2.44. The predicted octanol–water partition coefficient (Wildman–Crippen LogP) is 3.23. The molecule has 8 heteroatoms. The maximum Gasteiger partial charge on any atom is 0.329 e. The van der Waals surface area contributed by atoms with Gasteiger partial charge < -0.3 is 15.2 Å². The Morgan fingerprint density at radius 1 is 1.36 bits per heavy atom. The van der Waals surface area contributed by atoms with E-state index in [9.17, 15) is 14.7 Å². The molecule has 1 aliphatic heterocycles. The quantitative estimate of drug-likeness (QED) is 0.564. The zero-order valence-electron chi connectivity index (χ0n) is 11.9. The summed E-state index contributed by atoms with van der Waals surface area (Å²) in [6.07, 6.45) is 2.22. The Morgan fingerprint density at radius 3 is 2.64 bits per heavy atom. The Kier molecular flexibility index (Phi) is 5.12. The molecule has 2 N–H and O–H groups in total. The number of methoxy groups -OCH3 is 1. The van der Waals surface area contributed by atoms with E-state index >= 15 is 0 Å². The average Bonchev–Trinajstić information content (AvgIpc) is 2.76. The van der Waals surface area contributed by atoms with E-state index in [1.807, 2.05) is 6.92 Å². The summed E-state index contributed by atoms with van der Waals surface area (Å²) in [5, 5.41) is 12.4. The number of nitrogens with one attached hydrogen (secondary N) is 1. The van der Waals surface area contributed by atoms with Gasteiger partial charge in [-0.25, -0.2) is 4.79 Å². The molecule has 22 heavy (non-hydrogen) atoms. The molecule has 0 atom stereocenters. The summed E-state index contributed by atoms with van der Waals surface area (Å²) in [6.45, 7) is 2.26. The topological polar surface area (TPSA) is 78.9 Å². The van der Waals surface area contributed by atoms with Crippen LogP contribution in [0.1, 0.15) is 18.9 Å². The van der Waals surface area contributed by atoms with Crippen LogP contribution in [0.4, 0.5) is 4.79 Å². The number of imide groups is 1. The molecule has 3 amide bonds. The van der Waals surface area contributed by atoms with Crippen molar-refractivity contribution in [2.45, 2.75) is 13.3 Å². The second-order valence-electron chi connectivity index (χ2n) is 4.59. The van der Waals surface area contributed by atoms with Crippen LogP contribution in [-0.4, -0.2) is 35.6 Å². The van der Waals surface area contributed by atoms with Crippen molar-refractivity contribution in [3.8, 4) is 11.5 Å². The third-order valence-electron chi connectivity index (χ3n) is 3.10. The van der Waals surface area contributed by atoms with Crippen LogP contribution in [0.3, 0.4) is 0 Å². The number of carbonyl (C=O) groups is 2. The fourth-order valence-electron chi connectivity index (χ4n) is 2.03. The summed E-state index contributed by atoms with van der Waals surface area (Å²) in [5.41, 5.74) is 0.766.